The van der Waals surface area contributed by atoms with Gasteiger partial charge in [-0.05, 0) is 25.0 Å². The average molecular weight is 313 g/mol. The molecule has 0 aliphatic rings. The van der Waals surface area contributed by atoms with Gasteiger partial charge in [0.05, 0.1) is 12.8 Å². The Balaban J connectivity index is 2.90. The van der Waals surface area contributed by atoms with Crippen LogP contribution in [0.25, 0.3) is 0 Å². The van der Waals surface area contributed by atoms with Crippen LogP contribution in [0.5, 0.6) is 5.75 Å². The number of halogens is 1. The van der Waals surface area contributed by atoms with Gasteiger partial charge >= 0.3 is 6.03 Å². The van der Waals surface area contributed by atoms with Crippen molar-refractivity contribution in [3.8, 4) is 5.75 Å². The molecule has 1 aromatic rings. The summed E-state index contributed by atoms with van der Waals surface area (Å²) in [5.74, 6) is 0.460. The van der Waals surface area contributed by atoms with Gasteiger partial charge in [0, 0.05) is 13.6 Å². The van der Waals surface area contributed by atoms with E-state index in [0.717, 1.165) is 12.0 Å². The number of aryl methyl sites for hydroxylation is 1. The van der Waals surface area contributed by atoms with Crippen molar-refractivity contribution < 1.29 is 9.53 Å². The second-order valence-corrected chi connectivity index (χ2v) is 4.92. The number of carbonyl (C=O) groups excluding carboxylic acids is 1. The second kappa shape index (κ2) is 7.73. The molecule has 2 amide bonds. The summed E-state index contributed by atoms with van der Waals surface area (Å²) in [5, 5.41) is 13.3. The fourth-order valence-electron chi connectivity index (χ4n) is 1.80. The summed E-state index contributed by atoms with van der Waals surface area (Å²) in [6.07, 6.45) is 0.870. The molecule has 1 rings (SSSR count). The number of nitrogens with zero attached hydrogens (tertiary/aromatic N) is 1. The van der Waals surface area contributed by atoms with E-state index in [-0.39, 0.29) is 5.96 Å². The van der Waals surface area contributed by atoms with Crippen LogP contribution < -0.4 is 20.3 Å². The molecule has 0 atom stereocenters. The van der Waals surface area contributed by atoms with Gasteiger partial charge in [-0.3, -0.25) is 15.6 Å². The highest BCUT2D eigenvalue weighted by molar-refractivity contribution is 6.35. The number of rotatable bonds is 4. The van der Waals surface area contributed by atoms with Crippen molar-refractivity contribution in [2.75, 3.05) is 25.6 Å². The first-order chi connectivity index (χ1) is 9.92. The number of guanidine groups is 1. The predicted molar refractivity (Wildman–Crippen MR) is 85.7 cm³/mol. The number of ether oxygens (including phenoxy) is 1. The normalized spacial score (nSPS) is 9.95. The molecule has 1 aromatic carbocycles. The van der Waals surface area contributed by atoms with E-state index >= 15 is 0 Å². The van der Waals surface area contributed by atoms with Crippen molar-refractivity contribution in [3.63, 3.8) is 0 Å². The van der Waals surface area contributed by atoms with Crippen LogP contribution in [0.15, 0.2) is 12.1 Å². The van der Waals surface area contributed by atoms with Gasteiger partial charge in [-0.1, -0.05) is 24.6 Å². The summed E-state index contributed by atoms with van der Waals surface area (Å²) >= 11 is 6.26. The van der Waals surface area contributed by atoms with E-state index in [2.05, 4.69) is 10.6 Å². The van der Waals surface area contributed by atoms with Crippen LogP contribution in [0.3, 0.4) is 0 Å². The van der Waals surface area contributed by atoms with Gasteiger partial charge in [0.1, 0.15) is 10.8 Å². The monoisotopic (exact) mass is 312 g/mol. The van der Waals surface area contributed by atoms with Crippen molar-refractivity contribution in [1.82, 2.24) is 10.6 Å². The third kappa shape index (κ3) is 4.26. The third-order valence-electron chi connectivity index (χ3n) is 2.93. The number of amides is 2. The van der Waals surface area contributed by atoms with Crippen molar-refractivity contribution in [2.45, 2.75) is 20.3 Å². The Hall–Kier alpha value is -1.95. The zero-order valence-corrected chi connectivity index (χ0v) is 13.5. The summed E-state index contributed by atoms with van der Waals surface area (Å²) in [7, 11) is 3.11. The molecule has 21 heavy (non-hydrogen) atoms. The smallest absolute Gasteiger partial charge is 0.328 e. The highest BCUT2D eigenvalue weighted by Gasteiger charge is 2.19. The molecule has 7 heteroatoms. The Labute approximate surface area is 129 Å². The number of hydrogen-bond donors (Lipinski definition) is 3. The standard InChI is InChI=1S/C14H21ClN4O2/c1-5-8-17-13(16)18-14(20)19(3)12-9(2)6-7-10(21-4)11(12)15/h6-7H,5,8H2,1-4H3,(H3,16,17,18,20). The minimum Gasteiger partial charge on any atom is -0.495 e. The average Bonchev–Trinajstić information content (AvgIpc) is 2.45. The Morgan fingerprint density at radius 3 is 2.71 bits per heavy atom. The highest BCUT2D eigenvalue weighted by Crippen LogP contribution is 2.36. The van der Waals surface area contributed by atoms with E-state index in [9.17, 15) is 4.79 Å². The van der Waals surface area contributed by atoms with E-state index < -0.39 is 6.03 Å². The van der Waals surface area contributed by atoms with Crippen molar-refractivity contribution in [2.24, 2.45) is 0 Å². The Bertz CT molecular complexity index is 534. The first-order valence-electron chi connectivity index (χ1n) is 6.62. The van der Waals surface area contributed by atoms with Gasteiger partial charge < -0.3 is 10.1 Å². The van der Waals surface area contributed by atoms with Gasteiger partial charge in [0.2, 0.25) is 0 Å². The number of benzene rings is 1. The Kier molecular flexibility index (Phi) is 6.30. The van der Waals surface area contributed by atoms with Crippen molar-refractivity contribution >= 4 is 29.3 Å². The maximum Gasteiger partial charge on any atom is 0.328 e. The summed E-state index contributed by atoms with van der Waals surface area (Å²) in [5.41, 5.74) is 1.39. The van der Waals surface area contributed by atoms with E-state index in [1.54, 1.807) is 13.1 Å². The first kappa shape index (κ1) is 17.1. The molecule has 0 saturated carbocycles. The topological polar surface area (TPSA) is 77.5 Å². The quantitative estimate of drug-likeness (QED) is 0.591. The van der Waals surface area contributed by atoms with Gasteiger partial charge in [0.15, 0.2) is 5.96 Å². The van der Waals surface area contributed by atoms with E-state index in [0.29, 0.717) is 23.0 Å². The molecule has 0 aliphatic carbocycles. The molecule has 0 spiro atoms. The van der Waals surface area contributed by atoms with Crippen LogP contribution in [0.1, 0.15) is 18.9 Å². The zero-order chi connectivity index (χ0) is 16.0. The molecule has 0 radical (unpaired) electrons. The van der Waals surface area contributed by atoms with Gasteiger partial charge in [-0.15, -0.1) is 0 Å². The number of methoxy groups -OCH3 is 1. The number of hydrogen-bond acceptors (Lipinski definition) is 3. The van der Waals surface area contributed by atoms with Gasteiger partial charge in [0.25, 0.3) is 0 Å². The summed E-state index contributed by atoms with van der Waals surface area (Å²) in [4.78, 5) is 13.5. The van der Waals surface area contributed by atoms with Crippen LogP contribution in [0, 0.1) is 12.3 Å². The number of urea groups is 1. The fraction of sp³-hybridized carbons (Fsp3) is 0.429. The van der Waals surface area contributed by atoms with Crippen LogP contribution in [-0.4, -0.2) is 32.7 Å². The minimum atomic E-state index is -0.443. The molecule has 3 N–H and O–H groups in total. The van der Waals surface area contributed by atoms with E-state index in [1.165, 1.54) is 12.0 Å². The lowest BCUT2D eigenvalue weighted by atomic mass is 10.1. The molecular weight excluding hydrogens is 292 g/mol. The molecule has 0 aromatic heterocycles. The maximum atomic E-state index is 12.2. The Morgan fingerprint density at radius 1 is 1.48 bits per heavy atom. The lowest BCUT2D eigenvalue weighted by Crippen LogP contribution is -2.46. The number of anilines is 1. The summed E-state index contributed by atoms with van der Waals surface area (Å²) in [6, 6.07) is 3.13. The Morgan fingerprint density at radius 2 is 2.14 bits per heavy atom. The molecule has 116 valence electrons. The fourth-order valence-corrected chi connectivity index (χ4v) is 2.21. The van der Waals surface area contributed by atoms with Gasteiger partial charge in [-0.25, -0.2) is 4.79 Å². The lowest BCUT2D eigenvalue weighted by Gasteiger charge is -2.22. The maximum absolute atomic E-state index is 12.2. The summed E-state index contributed by atoms with van der Waals surface area (Å²) in [6.45, 7) is 4.46. The predicted octanol–water partition coefficient (Wildman–Crippen LogP) is 2.74. The van der Waals surface area contributed by atoms with Crippen LogP contribution in [-0.2, 0) is 0 Å². The molecule has 0 aliphatic heterocycles. The zero-order valence-electron chi connectivity index (χ0n) is 12.7. The SMILES string of the molecule is CCCNC(=N)NC(=O)N(C)c1c(C)ccc(OC)c1Cl. The summed E-state index contributed by atoms with van der Waals surface area (Å²) < 4.78 is 5.16. The lowest BCUT2D eigenvalue weighted by molar-refractivity contribution is 0.251. The molecule has 0 heterocycles. The van der Waals surface area contributed by atoms with Crippen LogP contribution in [0.4, 0.5) is 10.5 Å². The molecule has 0 bridgehead atoms. The third-order valence-corrected chi connectivity index (χ3v) is 3.29. The van der Waals surface area contributed by atoms with Gasteiger partial charge in [-0.2, -0.15) is 0 Å². The molecular formula is C14H21ClN4O2. The number of nitrogens with one attached hydrogen (secondary N) is 3. The van der Waals surface area contributed by atoms with Crippen LogP contribution in [0.2, 0.25) is 5.02 Å². The van der Waals surface area contributed by atoms with Crippen molar-refractivity contribution in [3.05, 3.63) is 22.7 Å². The van der Waals surface area contributed by atoms with Crippen LogP contribution >= 0.6 is 11.6 Å². The van der Waals surface area contributed by atoms with E-state index in [4.69, 9.17) is 21.7 Å². The van der Waals surface area contributed by atoms with Crippen molar-refractivity contribution in [1.29, 1.82) is 5.41 Å². The molecule has 0 unspecified atom stereocenters. The van der Waals surface area contributed by atoms with E-state index in [1.807, 2.05) is 19.9 Å². The number of carbonyl (C=O) groups is 1. The minimum absolute atomic E-state index is 0.0367. The largest absolute Gasteiger partial charge is 0.495 e. The molecule has 0 fully saturated rings. The second-order valence-electron chi connectivity index (χ2n) is 4.54. The molecule has 0 saturated heterocycles. The first-order valence-corrected chi connectivity index (χ1v) is 7.00. The highest BCUT2D eigenvalue weighted by atomic mass is 35.5. The molecule has 6 nitrogen and oxygen atoms in total.